The van der Waals surface area contributed by atoms with Gasteiger partial charge in [0.25, 0.3) is 5.91 Å². The SMILES string of the molecule is Cc1ccc(B2OC(C)(C)C(C)(C)O2)cc1N1CC[C@]2(C[C@@H]1C)N=C(c1ccccc1OC(F)(F)F)NC2=O. The van der Waals surface area contributed by atoms with Crippen LogP contribution in [0.15, 0.2) is 47.5 Å². The van der Waals surface area contributed by atoms with Gasteiger partial charge in [0.15, 0.2) is 0 Å². The zero-order chi connectivity index (χ0) is 28.4. The van der Waals surface area contributed by atoms with Crippen molar-refractivity contribution < 1.29 is 32.0 Å². The molecule has 0 aromatic heterocycles. The number of amides is 1. The summed E-state index contributed by atoms with van der Waals surface area (Å²) in [6, 6.07) is 11.8. The third kappa shape index (κ3) is 5.02. The van der Waals surface area contributed by atoms with Gasteiger partial charge in [0.2, 0.25) is 0 Å². The van der Waals surface area contributed by atoms with E-state index in [1.54, 1.807) is 6.07 Å². The van der Waals surface area contributed by atoms with Gasteiger partial charge in [0, 0.05) is 24.7 Å². The quantitative estimate of drug-likeness (QED) is 0.576. The van der Waals surface area contributed by atoms with Crippen molar-refractivity contribution in [2.24, 2.45) is 4.99 Å². The number of nitrogens with one attached hydrogen (secondary N) is 1. The number of carbonyl (C=O) groups is 1. The molecule has 2 aromatic carbocycles. The Morgan fingerprint density at radius 3 is 2.41 bits per heavy atom. The van der Waals surface area contributed by atoms with Crippen molar-refractivity contribution in [2.45, 2.75) is 83.5 Å². The zero-order valence-electron chi connectivity index (χ0n) is 23.0. The molecule has 3 aliphatic heterocycles. The number of alkyl halides is 3. The van der Waals surface area contributed by atoms with E-state index in [4.69, 9.17) is 9.31 Å². The maximum absolute atomic E-state index is 13.2. The Kier molecular flexibility index (Phi) is 6.54. The average Bonchev–Trinajstić information content (AvgIpc) is 3.25. The molecule has 2 saturated heterocycles. The number of halogens is 3. The molecule has 0 unspecified atom stereocenters. The first-order chi connectivity index (χ1) is 18.1. The number of hydrogen-bond donors (Lipinski definition) is 1. The minimum absolute atomic E-state index is 0.0680. The fraction of sp³-hybridized carbons (Fsp3) is 0.500. The molecule has 5 rings (SSSR count). The number of aryl methyl sites for hydroxylation is 1. The van der Waals surface area contributed by atoms with E-state index in [0.29, 0.717) is 19.4 Å². The number of aliphatic imine (C=N–C) groups is 1. The maximum Gasteiger partial charge on any atom is 0.573 e. The van der Waals surface area contributed by atoms with E-state index >= 15 is 0 Å². The Bertz CT molecular complexity index is 1310. The van der Waals surface area contributed by atoms with Gasteiger partial charge in [0.05, 0.1) is 16.8 Å². The minimum Gasteiger partial charge on any atom is -0.405 e. The molecular formula is C28H33BF3N3O4. The predicted molar refractivity (Wildman–Crippen MR) is 143 cm³/mol. The second kappa shape index (κ2) is 9.26. The summed E-state index contributed by atoms with van der Waals surface area (Å²) in [5.74, 6) is -0.616. The van der Waals surface area contributed by atoms with Crippen molar-refractivity contribution in [3.05, 3.63) is 53.6 Å². The number of nitrogens with zero attached hydrogens (tertiary/aromatic N) is 2. The van der Waals surface area contributed by atoms with Crippen LogP contribution in [0.5, 0.6) is 5.75 Å². The van der Waals surface area contributed by atoms with Crippen LogP contribution in [0.1, 0.15) is 58.6 Å². The first kappa shape index (κ1) is 27.5. The van der Waals surface area contributed by atoms with E-state index < -0.39 is 36.0 Å². The topological polar surface area (TPSA) is 72.4 Å². The fourth-order valence-corrected chi connectivity index (χ4v) is 5.47. The number of amidine groups is 1. The normalized spacial score (nSPS) is 26.1. The van der Waals surface area contributed by atoms with Crippen molar-refractivity contribution >= 4 is 30.0 Å². The molecule has 3 heterocycles. The summed E-state index contributed by atoms with van der Waals surface area (Å²) in [7, 11) is -0.493. The van der Waals surface area contributed by atoms with Gasteiger partial charge in [0.1, 0.15) is 17.1 Å². The zero-order valence-corrected chi connectivity index (χ0v) is 23.0. The highest BCUT2D eigenvalue weighted by Crippen LogP contribution is 2.40. The van der Waals surface area contributed by atoms with Crippen LogP contribution in [0, 0.1) is 6.92 Å². The Balaban J connectivity index is 1.39. The summed E-state index contributed by atoms with van der Waals surface area (Å²) in [6.07, 6.45) is -4.04. The monoisotopic (exact) mass is 543 g/mol. The summed E-state index contributed by atoms with van der Waals surface area (Å²) in [6.45, 7) is 12.7. The second-order valence-corrected chi connectivity index (χ2v) is 11.6. The van der Waals surface area contributed by atoms with Crippen LogP contribution in [0.4, 0.5) is 18.9 Å². The third-order valence-electron chi connectivity index (χ3n) is 8.35. The molecule has 1 N–H and O–H groups in total. The van der Waals surface area contributed by atoms with Gasteiger partial charge in [-0.05, 0) is 77.2 Å². The van der Waals surface area contributed by atoms with Crippen molar-refractivity contribution in [3.63, 3.8) is 0 Å². The van der Waals surface area contributed by atoms with E-state index in [0.717, 1.165) is 16.7 Å². The molecule has 3 aliphatic rings. The van der Waals surface area contributed by atoms with Crippen LogP contribution in [-0.4, -0.2) is 54.6 Å². The number of ether oxygens (including phenoxy) is 1. The van der Waals surface area contributed by atoms with Crippen LogP contribution in [0.3, 0.4) is 0 Å². The van der Waals surface area contributed by atoms with Crippen LogP contribution in [0.2, 0.25) is 0 Å². The molecule has 1 spiro atoms. The molecular weight excluding hydrogens is 510 g/mol. The first-order valence-electron chi connectivity index (χ1n) is 13.1. The van der Waals surface area contributed by atoms with Crippen LogP contribution < -0.4 is 20.4 Å². The van der Waals surface area contributed by atoms with Crippen molar-refractivity contribution in [3.8, 4) is 5.75 Å². The summed E-state index contributed by atoms with van der Waals surface area (Å²) < 4.78 is 55.5. The largest absolute Gasteiger partial charge is 0.573 e. The van der Waals surface area contributed by atoms with Gasteiger partial charge < -0.3 is 24.3 Å². The smallest absolute Gasteiger partial charge is 0.405 e. The molecule has 2 atom stereocenters. The van der Waals surface area contributed by atoms with E-state index in [-0.39, 0.29) is 23.3 Å². The molecule has 1 amide bonds. The standard InChI is InChI=1S/C28H33BF3N3O4/c1-17-11-12-19(29-38-25(3,4)26(5,6)39-29)15-21(17)35-14-13-27(16-18(35)2)24(36)33-23(34-27)20-9-7-8-10-22(20)37-28(30,31)32/h7-12,15,18H,13-14,16H2,1-6H3,(H,33,34,36)/t18-,27+/m0/s1. The second-order valence-electron chi connectivity index (χ2n) is 11.6. The number of piperidine rings is 1. The molecule has 39 heavy (non-hydrogen) atoms. The van der Waals surface area contributed by atoms with Crippen molar-refractivity contribution in [2.75, 3.05) is 11.4 Å². The Labute approximate surface area is 226 Å². The van der Waals surface area contributed by atoms with Crippen LogP contribution in [-0.2, 0) is 14.1 Å². The number of rotatable bonds is 4. The molecule has 11 heteroatoms. The molecule has 0 radical (unpaired) electrons. The summed E-state index contributed by atoms with van der Waals surface area (Å²) in [5, 5.41) is 2.72. The minimum atomic E-state index is -4.86. The summed E-state index contributed by atoms with van der Waals surface area (Å²) >= 11 is 0. The van der Waals surface area contributed by atoms with Gasteiger partial charge in [-0.3, -0.25) is 9.79 Å². The highest BCUT2D eigenvalue weighted by atomic mass is 19.4. The van der Waals surface area contributed by atoms with Gasteiger partial charge in [-0.1, -0.05) is 24.3 Å². The Morgan fingerprint density at radius 1 is 1.10 bits per heavy atom. The molecule has 208 valence electrons. The van der Waals surface area contributed by atoms with Gasteiger partial charge in [-0.15, -0.1) is 13.2 Å². The number of carbonyl (C=O) groups excluding carboxylic acids is 1. The maximum atomic E-state index is 13.2. The number of anilines is 1. The molecule has 2 aromatic rings. The lowest BCUT2D eigenvalue weighted by Gasteiger charge is -2.42. The lowest BCUT2D eigenvalue weighted by molar-refractivity contribution is -0.274. The molecule has 7 nitrogen and oxygen atoms in total. The van der Waals surface area contributed by atoms with Crippen molar-refractivity contribution in [1.29, 1.82) is 0 Å². The fourth-order valence-electron chi connectivity index (χ4n) is 5.47. The molecule has 0 aliphatic carbocycles. The first-order valence-corrected chi connectivity index (χ1v) is 13.1. The van der Waals surface area contributed by atoms with Crippen LogP contribution in [0.25, 0.3) is 0 Å². The number of para-hydroxylation sites is 1. The highest BCUT2D eigenvalue weighted by Gasteiger charge is 2.52. The van der Waals surface area contributed by atoms with Crippen LogP contribution >= 0.6 is 0 Å². The molecule has 0 bridgehead atoms. The molecule has 2 fully saturated rings. The predicted octanol–water partition coefficient (Wildman–Crippen LogP) is 4.50. The van der Waals surface area contributed by atoms with E-state index in [1.807, 2.05) is 53.7 Å². The van der Waals surface area contributed by atoms with E-state index in [2.05, 4.69) is 26.0 Å². The van der Waals surface area contributed by atoms with Gasteiger partial charge in [-0.2, -0.15) is 0 Å². The lowest BCUT2D eigenvalue weighted by atomic mass is 9.77. The number of hydrogen-bond acceptors (Lipinski definition) is 6. The summed E-state index contributed by atoms with van der Waals surface area (Å²) in [4.78, 5) is 20.1. The summed E-state index contributed by atoms with van der Waals surface area (Å²) in [5.41, 5.74) is 1.15. The lowest BCUT2D eigenvalue weighted by Crippen LogP contribution is -2.53. The van der Waals surface area contributed by atoms with Gasteiger partial charge in [-0.25, -0.2) is 0 Å². The van der Waals surface area contributed by atoms with E-state index in [1.165, 1.54) is 18.2 Å². The van der Waals surface area contributed by atoms with E-state index in [9.17, 15) is 18.0 Å². The van der Waals surface area contributed by atoms with Crippen molar-refractivity contribution in [1.82, 2.24) is 5.32 Å². The third-order valence-corrected chi connectivity index (χ3v) is 8.35. The Morgan fingerprint density at radius 2 is 1.77 bits per heavy atom. The highest BCUT2D eigenvalue weighted by molar-refractivity contribution is 6.62. The number of benzene rings is 2. The molecule has 0 saturated carbocycles. The average molecular weight is 543 g/mol. The Hall–Kier alpha value is -3.05. The van der Waals surface area contributed by atoms with Gasteiger partial charge >= 0.3 is 13.5 Å².